The lowest BCUT2D eigenvalue weighted by atomic mass is 9.88. The number of carbonyl (C=O) groups excluding carboxylic acids is 2. The molecule has 3 saturated carbocycles. The van der Waals surface area contributed by atoms with E-state index in [0.29, 0.717) is 34.4 Å². The standard InChI is InChI=1S/C27H29FN6O3/c1-13-11-19(14(2)29-12-13)18-9-10-20(30-25(18)28)31-26(35)23(21(15-3-4-15)16-5-6-16)32-27(36)24-22(17-7-8-17)33-37-34-24/h9-12,15-17,21,23H,3-8H2,1-2H3,(H,32,36)(H,30,31,35)/p+1/t23-/m0/s1. The van der Waals surface area contributed by atoms with Crippen LogP contribution in [0.3, 0.4) is 0 Å². The number of carbonyl (C=O) groups is 2. The zero-order valence-electron chi connectivity index (χ0n) is 20.9. The molecule has 0 unspecified atom stereocenters. The topological polar surface area (TPSA) is 124 Å². The number of hydrogen-bond donors (Lipinski definition) is 2. The van der Waals surface area contributed by atoms with Crippen LogP contribution in [0, 0.1) is 37.5 Å². The van der Waals surface area contributed by atoms with E-state index >= 15 is 4.39 Å². The van der Waals surface area contributed by atoms with E-state index in [9.17, 15) is 9.59 Å². The highest BCUT2D eigenvalue weighted by atomic mass is 19.1. The summed E-state index contributed by atoms with van der Waals surface area (Å²) in [6, 6.07) is 4.37. The Hall–Kier alpha value is -3.69. The molecule has 0 spiro atoms. The second-order valence-electron chi connectivity index (χ2n) is 10.7. The molecule has 0 aromatic carbocycles. The molecule has 0 bridgehead atoms. The van der Waals surface area contributed by atoms with Crippen LogP contribution < -0.4 is 15.6 Å². The third-order valence-corrected chi connectivity index (χ3v) is 7.65. The van der Waals surface area contributed by atoms with Gasteiger partial charge in [-0.25, -0.2) is 19.7 Å². The predicted octanol–water partition coefficient (Wildman–Crippen LogP) is 3.75. The van der Waals surface area contributed by atoms with Gasteiger partial charge in [-0.1, -0.05) is 5.16 Å². The van der Waals surface area contributed by atoms with Gasteiger partial charge in [-0.15, -0.1) is 0 Å². The first-order valence-corrected chi connectivity index (χ1v) is 13.0. The first-order valence-electron chi connectivity index (χ1n) is 13.0. The SMILES string of the molecule is Cc1cnc(C)c(-c2ccc(NC(=O)[C@@H](NC(=O)c3nonc3C3CC3)C(C3CC3)C3CC3)[nH+]c2F)c1. The van der Waals surface area contributed by atoms with Crippen LogP contribution in [0.2, 0.25) is 0 Å². The highest BCUT2D eigenvalue weighted by molar-refractivity contribution is 6.00. The Bertz CT molecular complexity index is 1350. The molecule has 3 aromatic rings. The van der Waals surface area contributed by atoms with Crippen LogP contribution in [0.1, 0.15) is 71.9 Å². The van der Waals surface area contributed by atoms with Crippen molar-refractivity contribution < 1.29 is 23.6 Å². The van der Waals surface area contributed by atoms with Crippen molar-refractivity contribution in [1.29, 1.82) is 0 Å². The summed E-state index contributed by atoms with van der Waals surface area (Å²) in [6.07, 6.45) is 7.79. The molecule has 192 valence electrons. The number of pyridine rings is 2. The van der Waals surface area contributed by atoms with Gasteiger partial charge in [0.15, 0.2) is 5.69 Å². The summed E-state index contributed by atoms with van der Waals surface area (Å²) in [5.41, 5.74) is 3.40. The number of hydrogen-bond acceptors (Lipinski definition) is 6. The Balaban J connectivity index is 1.24. The average molecular weight is 506 g/mol. The van der Waals surface area contributed by atoms with Crippen molar-refractivity contribution in [2.45, 2.75) is 64.3 Å². The van der Waals surface area contributed by atoms with Gasteiger partial charge in [0.1, 0.15) is 11.7 Å². The van der Waals surface area contributed by atoms with Crippen LogP contribution in [0.25, 0.3) is 11.1 Å². The fraction of sp³-hybridized carbons (Fsp3) is 0.481. The molecule has 10 heteroatoms. The van der Waals surface area contributed by atoms with Gasteiger partial charge >= 0.3 is 5.91 Å². The van der Waals surface area contributed by atoms with Crippen molar-refractivity contribution in [3.63, 3.8) is 0 Å². The Labute approximate surface area is 213 Å². The minimum Gasteiger partial charge on any atom is -0.336 e. The average Bonchev–Trinajstić information content (AvgIpc) is 3.73. The van der Waals surface area contributed by atoms with Crippen molar-refractivity contribution in [3.05, 3.63) is 53.0 Å². The zero-order chi connectivity index (χ0) is 25.7. The van der Waals surface area contributed by atoms with Crippen molar-refractivity contribution in [3.8, 4) is 11.1 Å². The van der Waals surface area contributed by atoms with E-state index < -0.39 is 17.9 Å². The van der Waals surface area contributed by atoms with E-state index in [4.69, 9.17) is 4.63 Å². The Kier molecular flexibility index (Phi) is 5.97. The van der Waals surface area contributed by atoms with Crippen molar-refractivity contribution in [2.24, 2.45) is 17.8 Å². The van der Waals surface area contributed by atoms with Crippen LogP contribution in [-0.4, -0.2) is 33.2 Å². The fourth-order valence-electron chi connectivity index (χ4n) is 5.28. The first-order chi connectivity index (χ1) is 17.9. The molecule has 1 atom stereocenters. The summed E-state index contributed by atoms with van der Waals surface area (Å²) >= 11 is 0. The van der Waals surface area contributed by atoms with E-state index in [0.717, 1.165) is 44.1 Å². The summed E-state index contributed by atoms with van der Waals surface area (Å²) < 4.78 is 20.0. The maximum absolute atomic E-state index is 15.1. The van der Waals surface area contributed by atoms with E-state index in [2.05, 4.69) is 30.9 Å². The maximum atomic E-state index is 15.1. The van der Waals surface area contributed by atoms with Crippen molar-refractivity contribution >= 4 is 17.6 Å². The molecule has 37 heavy (non-hydrogen) atoms. The monoisotopic (exact) mass is 505 g/mol. The molecular formula is C27H30FN6O3+. The third-order valence-electron chi connectivity index (χ3n) is 7.65. The van der Waals surface area contributed by atoms with Gasteiger partial charge in [-0.3, -0.25) is 9.78 Å². The van der Waals surface area contributed by atoms with E-state index in [1.165, 1.54) is 0 Å². The second kappa shape index (κ2) is 9.32. The number of nitrogens with one attached hydrogen (secondary N) is 3. The molecule has 9 nitrogen and oxygen atoms in total. The number of rotatable bonds is 9. The molecule has 3 aliphatic carbocycles. The first kappa shape index (κ1) is 23.7. The fourth-order valence-corrected chi connectivity index (χ4v) is 5.28. The highest BCUT2D eigenvalue weighted by Crippen LogP contribution is 2.51. The molecule has 3 heterocycles. The van der Waals surface area contributed by atoms with Crippen LogP contribution in [-0.2, 0) is 4.79 Å². The molecule has 3 fully saturated rings. The lowest BCUT2D eigenvalue weighted by Crippen LogP contribution is -2.50. The third kappa shape index (κ3) is 4.97. The molecule has 6 rings (SSSR count). The van der Waals surface area contributed by atoms with Gasteiger partial charge in [0.25, 0.3) is 17.7 Å². The minimum atomic E-state index is -0.768. The molecule has 3 N–H and O–H groups in total. The quantitative estimate of drug-likeness (QED) is 0.427. The highest BCUT2D eigenvalue weighted by Gasteiger charge is 2.50. The van der Waals surface area contributed by atoms with Gasteiger partial charge in [0.2, 0.25) is 0 Å². The molecule has 0 aliphatic heterocycles. The summed E-state index contributed by atoms with van der Waals surface area (Å²) in [6.45, 7) is 3.73. The number of aromatic amines is 1. The van der Waals surface area contributed by atoms with Crippen molar-refractivity contribution in [1.82, 2.24) is 20.6 Å². The van der Waals surface area contributed by atoms with Gasteiger partial charge in [-0.05, 0) is 93.0 Å². The van der Waals surface area contributed by atoms with Gasteiger partial charge in [0, 0.05) is 29.4 Å². The van der Waals surface area contributed by atoms with E-state index in [1.807, 2.05) is 19.9 Å². The lowest BCUT2D eigenvalue weighted by Gasteiger charge is -2.25. The predicted molar refractivity (Wildman–Crippen MR) is 131 cm³/mol. The molecule has 0 saturated heterocycles. The summed E-state index contributed by atoms with van der Waals surface area (Å²) in [4.78, 5) is 33.8. The molecular weight excluding hydrogens is 475 g/mol. The molecule has 3 aliphatic rings. The number of halogens is 1. The largest absolute Gasteiger partial charge is 0.336 e. The minimum absolute atomic E-state index is 0.0262. The number of anilines is 1. The van der Waals surface area contributed by atoms with E-state index in [-0.39, 0.29) is 29.3 Å². The Morgan fingerprint density at radius 3 is 2.43 bits per heavy atom. The van der Waals surface area contributed by atoms with Gasteiger partial charge in [-0.2, -0.15) is 4.39 Å². The zero-order valence-corrected chi connectivity index (χ0v) is 20.9. The maximum Gasteiger partial charge on any atom is 0.330 e. The molecule has 2 amide bonds. The summed E-state index contributed by atoms with van der Waals surface area (Å²) in [7, 11) is 0. The lowest BCUT2D eigenvalue weighted by molar-refractivity contribution is -0.404. The molecule has 3 aromatic heterocycles. The van der Waals surface area contributed by atoms with Crippen LogP contribution >= 0.6 is 0 Å². The van der Waals surface area contributed by atoms with Gasteiger partial charge in [0.05, 0.1) is 5.56 Å². The number of amides is 2. The summed E-state index contributed by atoms with van der Waals surface area (Å²) in [5, 5.41) is 13.5. The molecule has 0 radical (unpaired) electrons. The summed E-state index contributed by atoms with van der Waals surface area (Å²) in [5.74, 6) is -0.193. The van der Waals surface area contributed by atoms with Crippen LogP contribution in [0.4, 0.5) is 10.2 Å². The van der Waals surface area contributed by atoms with E-state index in [1.54, 1.807) is 18.3 Å². The Morgan fingerprint density at radius 2 is 1.78 bits per heavy atom. The number of H-pyrrole nitrogens is 1. The number of nitrogens with zero attached hydrogens (tertiary/aromatic N) is 3. The number of aromatic nitrogens is 4. The van der Waals surface area contributed by atoms with Crippen molar-refractivity contribution in [2.75, 3.05) is 5.32 Å². The smallest absolute Gasteiger partial charge is 0.330 e. The number of aryl methyl sites for hydroxylation is 2. The van der Waals surface area contributed by atoms with Crippen LogP contribution in [0.15, 0.2) is 29.0 Å². The Morgan fingerprint density at radius 1 is 1.05 bits per heavy atom. The van der Waals surface area contributed by atoms with Gasteiger partial charge < -0.3 is 5.32 Å². The normalized spacial score (nSPS) is 18.1. The second-order valence-corrected chi connectivity index (χ2v) is 10.7. The van der Waals surface area contributed by atoms with Crippen LogP contribution in [0.5, 0.6) is 0 Å².